The first-order chi connectivity index (χ1) is 8.51. The van der Waals surface area contributed by atoms with Crippen LogP contribution in [0.3, 0.4) is 0 Å². The van der Waals surface area contributed by atoms with E-state index in [0.717, 1.165) is 25.7 Å². The number of alkyl halides is 1. The molecule has 0 aliphatic heterocycles. The van der Waals surface area contributed by atoms with Gasteiger partial charge in [0.25, 0.3) is 0 Å². The molecular formula is C14H18Br2F2. The minimum Gasteiger partial charge on any atom is -0.207 e. The first-order valence-corrected chi connectivity index (χ1v) is 8.00. The van der Waals surface area contributed by atoms with Crippen molar-refractivity contribution in [2.45, 2.75) is 44.4 Å². The van der Waals surface area contributed by atoms with Crippen molar-refractivity contribution in [3.8, 4) is 0 Å². The van der Waals surface area contributed by atoms with Gasteiger partial charge in [-0.2, -0.15) is 0 Å². The molecule has 0 aliphatic carbocycles. The van der Waals surface area contributed by atoms with Crippen LogP contribution in [0.1, 0.15) is 49.9 Å². The van der Waals surface area contributed by atoms with E-state index in [0.29, 0.717) is 11.5 Å². The van der Waals surface area contributed by atoms with E-state index >= 15 is 0 Å². The molecule has 1 aromatic rings. The maximum absolute atomic E-state index is 13.9. The van der Waals surface area contributed by atoms with Crippen LogP contribution in [0, 0.1) is 17.6 Å². The first-order valence-electron chi connectivity index (χ1n) is 6.29. The number of unbranched alkanes of at least 4 members (excludes halogenated alkanes) is 1. The van der Waals surface area contributed by atoms with Gasteiger partial charge in [-0.1, -0.05) is 49.0 Å². The van der Waals surface area contributed by atoms with Crippen LogP contribution in [0.5, 0.6) is 0 Å². The zero-order chi connectivity index (χ0) is 13.7. The first kappa shape index (κ1) is 16.1. The van der Waals surface area contributed by atoms with Crippen LogP contribution in [0.15, 0.2) is 16.6 Å². The molecule has 0 saturated heterocycles. The molecule has 0 N–H and O–H groups in total. The van der Waals surface area contributed by atoms with Gasteiger partial charge in [-0.3, -0.25) is 0 Å². The van der Waals surface area contributed by atoms with Crippen LogP contribution in [-0.4, -0.2) is 0 Å². The van der Waals surface area contributed by atoms with Gasteiger partial charge in [-0.05, 0) is 40.4 Å². The largest absolute Gasteiger partial charge is 0.207 e. The van der Waals surface area contributed by atoms with Gasteiger partial charge in [0, 0.05) is 10.4 Å². The smallest absolute Gasteiger partial charge is 0.137 e. The van der Waals surface area contributed by atoms with Crippen molar-refractivity contribution in [1.82, 2.24) is 0 Å². The molecule has 0 aliphatic rings. The van der Waals surface area contributed by atoms with Crippen molar-refractivity contribution in [2.24, 2.45) is 5.92 Å². The Bertz CT molecular complexity index is 394. The van der Waals surface area contributed by atoms with Gasteiger partial charge in [-0.15, -0.1) is 0 Å². The van der Waals surface area contributed by atoms with E-state index in [1.165, 1.54) is 12.1 Å². The zero-order valence-electron chi connectivity index (χ0n) is 10.6. The van der Waals surface area contributed by atoms with Crippen molar-refractivity contribution in [2.75, 3.05) is 0 Å². The monoisotopic (exact) mass is 382 g/mol. The molecule has 0 radical (unpaired) electrons. The third-order valence-electron chi connectivity index (χ3n) is 3.20. The molecule has 0 nitrogen and oxygen atoms in total. The quantitative estimate of drug-likeness (QED) is 0.395. The Morgan fingerprint density at radius 1 is 1.17 bits per heavy atom. The van der Waals surface area contributed by atoms with Crippen molar-refractivity contribution in [3.05, 3.63) is 33.8 Å². The van der Waals surface area contributed by atoms with Crippen LogP contribution in [0.25, 0.3) is 0 Å². The summed E-state index contributed by atoms with van der Waals surface area (Å²) in [5.41, 5.74) is 0.415. The molecular weight excluding hydrogens is 366 g/mol. The van der Waals surface area contributed by atoms with Crippen LogP contribution < -0.4 is 0 Å². The summed E-state index contributed by atoms with van der Waals surface area (Å²) in [5, 5.41) is 0. The minimum atomic E-state index is -0.416. The second-order valence-electron chi connectivity index (χ2n) is 4.50. The van der Waals surface area contributed by atoms with Gasteiger partial charge < -0.3 is 0 Å². The topological polar surface area (TPSA) is 0 Å². The lowest BCUT2D eigenvalue weighted by molar-refractivity contribution is 0.435. The lowest BCUT2D eigenvalue weighted by Crippen LogP contribution is -2.09. The third kappa shape index (κ3) is 4.02. The number of halogens is 4. The third-order valence-corrected chi connectivity index (χ3v) is 5.05. The van der Waals surface area contributed by atoms with Crippen molar-refractivity contribution in [3.63, 3.8) is 0 Å². The SMILES string of the molecule is CCCCC(CC)C(Br)c1cc(F)c(Br)cc1F. The van der Waals surface area contributed by atoms with Gasteiger partial charge in [-0.25, -0.2) is 8.78 Å². The summed E-state index contributed by atoms with van der Waals surface area (Å²) < 4.78 is 27.5. The highest BCUT2D eigenvalue weighted by Crippen LogP contribution is 2.38. The second kappa shape index (κ2) is 7.59. The molecule has 1 aromatic carbocycles. The fourth-order valence-corrected chi connectivity index (χ4v) is 3.33. The van der Waals surface area contributed by atoms with E-state index in [2.05, 4.69) is 45.7 Å². The molecule has 0 bridgehead atoms. The molecule has 0 saturated carbocycles. The molecule has 102 valence electrons. The highest BCUT2D eigenvalue weighted by molar-refractivity contribution is 9.10. The summed E-state index contributed by atoms with van der Waals surface area (Å²) in [5.74, 6) is -0.443. The summed E-state index contributed by atoms with van der Waals surface area (Å²) in [6.07, 6.45) is 4.21. The molecule has 0 fully saturated rings. The van der Waals surface area contributed by atoms with Crippen LogP contribution in [-0.2, 0) is 0 Å². The van der Waals surface area contributed by atoms with E-state index in [1.807, 2.05) is 0 Å². The summed E-state index contributed by atoms with van der Waals surface area (Å²) in [4.78, 5) is -0.128. The summed E-state index contributed by atoms with van der Waals surface area (Å²) in [6.45, 7) is 4.22. The standard InChI is InChI=1S/C14H18Br2F2/c1-3-5-6-9(4-2)14(16)10-7-13(18)11(15)8-12(10)17/h7-9,14H,3-6H2,1-2H3. The summed E-state index contributed by atoms with van der Waals surface area (Å²) in [7, 11) is 0. The molecule has 0 amide bonds. The lowest BCUT2D eigenvalue weighted by Gasteiger charge is -2.22. The summed E-state index contributed by atoms with van der Waals surface area (Å²) in [6, 6.07) is 2.49. The van der Waals surface area contributed by atoms with E-state index in [4.69, 9.17) is 0 Å². The van der Waals surface area contributed by atoms with E-state index in [-0.39, 0.29) is 15.1 Å². The van der Waals surface area contributed by atoms with Crippen molar-refractivity contribution < 1.29 is 8.78 Å². The lowest BCUT2D eigenvalue weighted by atomic mass is 9.91. The Kier molecular flexibility index (Phi) is 6.78. The van der Waals surface area contributed by atoms with Gasteiger partial charge in [0.1, 0.15) is 11.6 Å². The maximum Gasteiger partial charge on any atom is 0.137 e. The second-order valence-corrected chi connectivity index (χ2v) is 6.34. The van der Waals surface area contributed by atoms with Crippen molar-refractivity contribution >= 4 is 31.9 Å². The highest BCUT2D eigenvalue weighted by atomic mass is 79.9. The average Bonchev–Trinajstić information content (AvgIpc) is 2.34. The molecule has 2 unspecified atom stereocenters. The molecule has 4 heteroatoms. The normalized spacial score (nSPS) is 14.6. The van der Waals surface area contributed by atoms with Crippen LogP contribution in [0.2, 0.25) is 0 Å². The fourth-order valence-electron chi connectivity index (χ4n) is 2.03. The number of benzene rings is 1. The Morgan fingerprint density at radius 3 is 2.39 bits per heavy atom. The highest BCUT2D eigenvalue weighted by Gasteiger charge is 2.22. The van der Waals surface area contributed by atoms with Gasteiger partial charge in [0.05, 0.1) is 4.47 Å². The predicted octanol–water partition coefficient (Wildman–Crippen LogP) is 6.38. The van der Waals surface area contributed by atoms with Crippen LogP contribution >= 0.6 is 31.9 Å². The molecule has 1 rings (SSSR count). The number of hydrogen-bond acceptors (Lipinski definition) is 0. The molecule has 0 aromatic heterocycles. The Labute approximate surface area is 124 Å². The van der Waals surface area contributed by atoms with Crippen molar-refractivity contribution in [1.29, 1.82) is 0 Å². The van der Waals surface area contributed by atoms with E-state index < -0.39 is 5.82 Å². The number of hydrogen-bond donors (Lipinski definition) is 0. The van der Waals surface area contributed by atoms with Crippen LogP contribution in [0.4, 0.5) is 8.78 Å². The Morgan fingerprint density at radius 2 is 1.83 bits per heavy atom. The van der Waals surface area contributed by atoms with E-state index in [9.17, 15) is 8.78 Å². The van der Waals surface area contributed by atoms with E-state index in [1.54, 1.807) is 0 Å². The molecule has 0 heterocycles. The Balaban J connectivity index is 2.94. The molecule has 2 atom stereocenters. The Hall–Kier alpha value is 0.0400. The average molecular weight is 384 g/mol. The molecule has 0 spiro atoms. The fraction of sp³-hybridized carbons (Fsp3) is 0.571. The van der Waals surface area contributed by atoms with Gasteiger partial charge >= 0.3 is 0 Å². The molecule has 18 heavy (non-hydrogen) atoms. The van der Waals surface area contributed by atoms with Gasteiger partial charge in [0.15, 0.2) is 0 Å². The maximum atomic E-state index is 13.9. The predicted molar refractivity (Wildman–Crippen MR) is 79.0 cm³/mol. The van der Waals surface area contributed by atoms with Gasteiger partial charge in [0.2, 0.25) is 0 Å². The minimum absolute atomic E-state index is 0.128. The number of rotatable bonds is 6. The summed E-state index contributed by atoms with van der Waals surface area (Å²) >= 11 is 6.53. The zero-order valence-corrected chi connectivity index (χ0v) is 13.8.